The second kappa shape index (κ2) is 3.11. The highest BCUT2D eigenvalue weighted by molar-refractivity contribution is 7.89. The van der Waals surface area contributed by atoms with Crippen molar-refractivity contribution in [2.45, 2.75) is 11.9 Å². The second-order valence-corrected chi connectivity index (χ2v) is 3.34. The molecule has 0 aromatic rings. The van der Waals surface area contributed by atoms with Gasteiger partial charge in [-0.2, -0.15) is 0 Å². The van der Waals surface area contributed by atoms with Gasteiger partial charge in [-0.1, -0.05) is 0 Å². The Labute approximate surface area is 53.7 Å². The molecule has 1 atom stereocenters. The molecule has 0 fully saturated rings. The molecule has 0 radical (unpaired) electrons. The molecule has 0 aliphatic carbocycles. The summed E-state index contributed by atoms with van der Waals surface area (Å²) in [6, 6.07) is 0. The zero-order valence-corrected chi connectivity index (χ0v) is 5.63. The van der Waals surface area contributed by atoms with Crippen molar-refractivity contribution in [2.24, 2.45) is 10.9 Å². The van der Waals surface area contributed by atoms with Gasteiger partial charge in [0.1, 0.15) is 0 Å². The average molecular weight is 154 g/mol. The molecule has 0 bridgehead atoms. The van der Waals surface area contributed by atoms with Crippen molar-refractivity contribution < 1.29 is 13.5 Å². The molecule has 0 aromatic carbocycles. The molecule has 1 unspecified atom stereocenters. The van der Waals surface area contributed by atoms with E-state index in [2.05, 4.69) is 5.14 Å². The minimum Gasteiger partial charge on any atom is -0.376 e. The molecular weight excluding hydrogens is 144 g/mol. The molecule has 0 aliphatic heterocycles. The maximum absolute atomic E-state index is 10.2. The Balaban J connectivity index is 3.90. The summed E-state index contributed by atoms with van der Waals surface area (Å²) in [4.78, 5) is 0. The van der Waals surface area contributed by atoms with Gasteiger partial charge in [0.15, 0.2) is 5.44 Å². The van der Waals surface area contributed by atoms with Crippen LogP contribution in [-0.4, -0.2) is 25.5 Å². The van der Waals surface area contributed by atoms with Crippen LogP contribution in [0.25, 0.3) is 0 Å². The van der Waals surface area contributed by atoms with Gasteiger partial charge in [0.25, 0.3) is 0 Å². The molecular formula is C3H10N2O3S. The standard InChI is InChI=1S/C3H10N2O3S/c4-2-1-3(6)9(5,7)8/h3,6H,1-2,4H2,(H2,5,7,8). The van der Waals surface area contributed by atoms with Gasteiger partial charge in [-0.15, -0.1) is 0 Å². The van der Waals surface area contributed by atoms with E-state index in [4.69, 9.17) is 10.8 Å². The molecule has 0 amide bonds. The first kappa shape index (κ1) is 8.83. The second-order valence-electron chi connectivity index (χ2n) is 1.62. The molecule has 56 valence electrons. The molecule has 9 heavy (non-hydrogen) atoms. The SMILES string of the molecule is NCCC(O)S(N)(=O)=O. The van der Waals surface area contributed by atoms with Crippen LogP contribution in [0.15, 0.2) is 0 Å². The Morgan fingerprint density at radius 1 is 1.56 bits per heavy atom. The van der Waals surface area contributed by atoms with E-state index in [0.717, 1.165) is 0 Å². The first-order valence-corrected chi connectivity index (χ1v) is 3.99. The molecule has 0 aliphatic rings. The van der Waals surface area contributed by atoms with E-state index < -0.39 is 15.5 Å². The van der Waals surface area contributed by atoms with Crippen LogP contribution in [0, 0.1) is 0 Å². The lowest BCUT2D eigenvalue weighted by Crippen LogP contribution is -2.30. The highest BCUT2D eigenvalue weighted by Gasteiger charge is 2.15. The Morgan fingerprint density at radius 2 is 2.00 bits per heavy atom. The summed E-state index contributed by atoms with van der Waals surface area (Å²) in [7, 11) is -3.79. The predicted octanol–water partition coefficient (Wildman–Crippen LogP) is -2.06. The molecule has 5 N–H and O–H groups in total. The van der Waals surface area contributed by atoms with Crippen LogP contribution in [0.5, 0.6) is 0 Å². The topological polar surface area (TPSA) is 106 Å². The molecule has 0 saturated carbocycles. The van der Waals surface area contributed by atoms with Gasteiger partial charge in [-0.05, 0) is 6.54 Å². The highest BCUT2D eigenvalue weighted by Crippen LogP contribution is 1.93. The van der Waals surface area contributed by atoms with Crippen molar-refractivity contribution in [3.05, 3.63) is 0 Å². The number of primary sulfonamides is 1. The van der Waals surface area contributed by atoms with Crippen LogP contribution in [0.4, 0.5) is 0 Å². The minimum absolute atomic E-state index is 0.0150. The molecule has 0 spiro atoms. The predicted molar refractivity (Wildman–Crippen MR) is 32.8 cm³/mol. The van der Waals surface area contributed by atoms with Crippen LogP contribution in [0.3, 0.4) is 0 Å². The van der Waals surface area contributed by atoms with Crippen LogP contribution in [0.2, 0.25) is 0 Å². The third kappa shape index (κ3) is 3.41. The minimum atomic E-state index is -3.79. The lowest BCUT2D eigenvalue weighted by Gasteiger charge is -2.03. The lowest BCUT2D eigenvalue weighted by molar-refractivity contribution is 0.241. The van der Waals surface area contributed by atoms with Crippen LogP contribution in [-0.2, 0) is 10.0 Å². The lowest BCUT2D eigenvalue weighted by atomic mass is 10.5. The van der Waals surface area contributed by atoms with Gasteiger partial charge < -0.3 is 10.8 Å². The van der Waals surface area contributed by atoms with Crippen LogP contribution < -0.4 is 10.9 Å². The molecule has 0 heterocycles. The third-order valence-corrected chi connectivity index (χ3v) is 1.79. The summed E-state index contributed by atoms with van der Waals surface area (Å²) in [6.45, 7) is 0.109. The first-order valence-electron chi connectivity index (χ1n) is 2.38. The number of rotatable bonds is 3. The zero-order valence-electron chi connectivity index (χ0n) is 4.82. The monoisotopic (exact) mass is 154 g/mol. The molecule has 0 aromatic heterocycles. The summed E-state index contributed by atoms with van der Waals surface area (Å²) in [5.41, 5.74) is 3.43. The highest BCUT2D eigenvalue weighted by atomic mass is 32.2. The number of nitrogens with two attached hydrogens (primary N) is 2. The Bertz CT molecular complexity index is 164. The molecule has 6 heteroatoms. The van der Waals surface area contributed by atoms with E-state index in [0.29, 0.717) is 0 Å². The maximum Gasteiger partial charge on any atom is 0.236 e. The van der Waals surface area contributed by atoms with Crippen molar-refractivity contribution in [3.8, 4) is 0 Å². The van der Waals surface area contributed by atoms with Crippen molar-refractivity contribution in [3.63, 3.8) is 0 Å². The normalized spacial score (nSPS) is 15.4. The van der Waals surface area contributed by atoms with Gasteiger partial charge in [0.2, 0.25) is 10.0 Å². The van der Waals surface area contributed by atoms with Crippen molar-refractivity contribution >= 4 is 10.0 Å². The van der Waals surface area contributed by atoms with Crippen molar-refractivity contribution in [2.75, 3.05) is 6.54 Å². The molecule has 5 nitrogen and oxygen atoms in total. The molecule has 0 saturated heterocycles. The van der Waals surface area contributed by atoms with Gasteiger partial charge in [-0.25, -0.2) is 13.6 Å². The van der Waals surface area contributed by atoms with Crippen molar-refractivity contribution in [1.82, 2.24) is 0 Å². The quantitative estimate of drug-likeness (QED) is 0.434. The van der Waals surface area contributed by atoms with Crippen LogP contribution >= 0.6 is 0 Å². The number of aliphatic hydroxyl groups is 1. The van der Waals surface area contributed by atoms with Gasteiger partial charge >= 0.3 is 0 Å². The summed E-state index contributed by atoms with van der Waals surface area (Å²) in [5, 5.41) is 13.1. The smallest absolute Gasteiger partial charge is 0.236 e. The Morgan fingerprint density at radius 3 is 2.11 bits per heavy atom. The van der Waals surface area contributed by atoms with E-state index in [1.807, 2.05) is 0 Å². The number of sulfonamides is 1. The zero-order chi connectivity index (χ0) is 7.49. The van der Waals surface area contributed by atoms with E-state index >= 15 is 0 Å². The van der Waals surface area contributed by atoms with E-state index in [1.54, 1.807) is 0 Å². The van der Waals surface area contributed by atoms with Crippen LogP contribution in [0.1, 0.15) is 6.42 Å². The fourth-order valence-electron chi connectivity index (χ4n) is 0.307. The number of hydrogen-bond acceptors (Lipinski definition) is 4. The van der Waals surface area contributed by atoms with Gasteiger partial charge in [0.05, 0.1) is 0 Å². The summed E-state index contributed by atoms with van der Waals surface area (Å²) in [6.07, 6.45) is -0.0150. The maximum atomic E-state index is 10.2. The summed E-state index contributed by atoms with van der Waals surface area (Å²) < 4.78 is 20.4. The fourth-order valence-corrected chi connectivity index (χ4v) is 0.771. The number of aliphatic hydroxyl groups excluding tert-OH is 1. The van der Waals surface area contributed by atoms with Gasteiger partial charge in [0, 0.05) is 6.42 Å². The average Bonchev–Trinajstić information content (AvgIpc) is 1.64. The summed E-state index contributed by atoms with van der Waals surface area (Å²) >= 11 is 0. The van der Waals surface area contributed by atoms with E-state index in [9.17, 15) is 8.42 Å². The van der Waals surface area contributed by atoms with Gasteiger partial charge in [-0.3, -0.25) is 0 Å². The Hall–Kier alpha value is -0.170. The van der Waals surface area contributed by atoms with E-state index in [1.165, 1.54) is 0 Å². The van der Waals surface area contributed by atoms with Crippen molar-refractivity contribution in [1.29, 1.82) is 0 Å². The van der Waals surface area contributed by atoms with E-state index in [-0.39, 0.29) is 13.0 Å². The summed E-state index contributed by atoms with van der Waals surface area (Å²) in [5.74, 6) is 0. The molecule has 0 rings (SSSR count). The Kier molecular flexibility index (Phi) is 3.06. The first-order chi connectivity index (χ1) is 3.98. The third-order valence-electron chi connectivity index (χ3n) is 0.793. The fraction of sp³-hybridized carbons (Fsp3) is 1.00. The largest absolute Gasteiger partial charge is 0.376 e. The number of hydrogen-bond donors (Lipinski definition) is 3.